The lowest BCUT2D eigenvalue weighted by Gasteiger charge is -2.10. The Morgan fingerprint density at radius 1 is 1.00 bits per heavy atom. The molecule has 0 radical (unpaired) electrons. The second-order valence-electron chi connectivity index (χ2n) is 5.86. The van der Waals surface area contributed by atoms with Crippen molar-refractivity contribution in [2.45, 2.75) is 6.92 Å². The van der Waals surface area contributed by atoms with Gasteiger partial charge in [-0.25, -0.2) is 14.8 Å². The van der Waals surface area contributed by atoms with Crippen LogP contribution in [0.2, 0.25) is 0 Å². The van der Waals surface area contributed by atoms with Gasteiger partial charge in [-0.2, -0.15) is 0 Å². The van der Waals surface area contributed by atoms with Gasteiger partial charge in [0, 0.05) is 5.69 Å². The summed E-state index contributed by atoms with van der Waals surface area (Å²) in [5.41, 5.74) is 1.68. The minimum atomic E-state index is -0.465. The normalized spacial score (nSPS) is 10.1. The molecule has 1 amide bonds. The fraction of sp³-hybridized carbons (Fsp3) is 0.143. The van der Waals surface area contributed by atoms with E-state index in [0.29, 0.717) is 29.4 Å². The fourth-order valence-corrected chi connectivity index (χ4v) is 2.52. The van der Waals surface area contributed by atoms with Crippen LogP contribution in [0.3, 0.4) is 0 Å². The Morgan fingerprint density at radius 3 is 2.41 bits per heavy atom. The van der Waals surface area contributed by atoms with Crippen molar-refractivity contribution < 1.29 is 19.1 Å². The molecule has 0 aliphatic rings. The molecule has 0 spiro atoms. The second-order valence-corrected chi connectivity index (χ2v) is 5.86. The smallest absolute Gasteiger partial charge is 0.339 e. The molecular weight excluding hydrogens is 372 g/mol. The van der Waals surface area contributed by atoms with E-state index in [1.807, 2.05) is 6.92 Å². The topological polar surface area (TPSA) is 102 Å². The van der Waals surface area contributed by atoms with Gasteiger partial charge in [0.25, 0.3) is 5.91 Å². The zero-order valence-corrected chi connectivity index (χ0v) is 16.0. The molecule has 3 aromatic rings. The number of anilines is 3. The molecule has 1 heterocycles. The first kappa shape index (κ1) is 19.8. The summed E-state index contributed by atoms with van der Waals surface area (Å²) in [6.45, 7) is 2.48. The van der Waals surface area contributed by atoms with Crippen LogP contribution >= 0.6 is 0 Å². The lowest BCUT2D eigenvalue weighted by molar-refractivity contribution is 0.0601. The van der Waals surface area contributed by atoms with Crippen molar-refractivity contribution in [1.82, 2.24) is 9.97 Å². The van der Waals surface area contributed by atoms with Gasteiger partial charge in [0.1, 0.15) is 17.3 Å². The van der Waals surface area contributed by atoms with Gasteiger partial charge < -0.3 is 20.1 Å². The number of methoxy groups -OCH3 is 1. The first-order valence-corrected chi connectivity index (χ1v) is 8.91. The third kappa shape index (κ3) is 5.07. The van der Waals surface area contributed by atoms with Crippen molar-refractivity contribution in [3.63, 3.8) is 0 Å². The van der Waals surface area contributed by atoms with Gasteiger partial charge in [-0.3, -0.25) is 4.79 Å². The molecule has 29 heavy (non-hydrogen) atoms. The van der Waals surface area contributed by atoms with Gasteiger partial charge in [-0.05, 0) is 43.3 Å². The highest BCUT2D eigenvalue weighted by Crippen LogP contribution is 2.20. The number of esters is 1. The van der Waals surface area contributed by atoms with Crippen LogP contribution in [0, 0.1) is 0 Å². The average Bonchev–Trinajstić information content (AvgIpc) is 2.75. The van der Waals surface area contributed by atoms with Gasteiger partial charge in [0.05, 0.1) is 37.4 Å². The van der Waals surface area contributed by atoms with Gasteiger partial charge in [0.15, 0.2) is 0 Å². The predicted molar refractivity (Wildman–Crippen MR) is 109 cm³/mol. The molecule has 0 saturated heterocycles. The van der Waals surface area contributed by atoms with E-state index in [1.54, 1.807) is 48.5 Å². The summed E-state index contributed by atoms with van der Waals surface area (Å²) in [4.78, 5) is 32.5. The van der Waals surface area contributed by atoms with E-state index in [2.05, 4.69) is 20.6 Å². The highest BCUT2D eigenvalue weighted by molar-refractivity contribution is 6.02. The van der Waals surface area contributed by atoms with Crippen LogP contribution in [-0.2, 0) is 4.74 Å². The Labute approximate surface area is 167 Å². The van der Waals surface area contributed by atoms with E-state index in [0.717, 1.165) is 5.75 Å². The number of hydrogen-bond acceptors (Lipinski definition) is 7. The quantitative estimate of drug-likeness (QED) is 0.592. The van der Waals surface area contributed by atoms with Crippen molar-refractivity contribution in [3.05, 3.63) is 72.2 Å². The Hall–Kier alpha value is -3.94. The maximum absolute atomic E-state index is 12.4. The molecule has 0 saturated carbocycles. The summed E-state index contributed by atoms with van der Waals surface area (Å²) in [7, 11) is 1.32. The molecule has 1 aromatic heterocycles. The third-order valence-electron chi connectivity index (χ3n) is 3.90. The van der Waals surface area contributed by atoms with E-state index in [4.69, 9.17) is 9.47 Å². The fourth-order valence-electron chi connectivity index (χ4n) is 2.52. The van der Waals surface area contributed by atoms with Crippen LogP contribution < -0.4 is 15.4 Å². The van der Waals surface area contributed by atoms with Crippen LogP contribution in [0.25, 0.3) is 0 Å². The number of nitrogens with zero attached hydrogens (tertiary/aromatic N) is 2. The Morgan fingerprint density at radius 2 is 1.76 bits per heavy atom. The SMILES string of the molecule is CCOc1ccc(NC(=O)c2cnc(Nc3ccccc3C(=O)OC)cn2)cc1. The van der Waals surface area contributed by atoms with Crippen LogP contribution in [0.1, 0.15) is 27.8 Å². The van der Waals surface area contributed by atoms with Gasteiger partial charge in [0.2, 0.25) is 0 Å². The molecular formula is C21H20N4O4. The Bertz CT molecular complexity index is 988. The number of aromatic nitrogens is 2. The van der Waals surface area contributed by atoms with Crippen LogP contribution in [0.4, 0.5) is 17.2 Å². The van der Waals surface area contributed by atoms with Gasteiger partial charge >= 0.3 is 5.97 Å². The first-order chi connectivity index (χ1) is 14.1. The van der Waals surface area contributed by atoms with E-state index < -0.39 is 5.97 Å². The molecule has 2 N–H and O–H groups in total. The molecule has 0 aliphatic carbocycles. The average molecular weight is 392 g/mol. The maximum Gasteiger partial charge on any atom is 0.339 e. The molecule has 0 bridgehead atoms. The number of carbonyl (C=O) groups excluding carboxylic acids is 2. The Balaban J connectivity index is 1.67. The zero-order valence-electron chi connectivity index (χ0n) is 16.0. The van der Waals surface area contributed by atoms with Crippen molar-refractivity contribution in [3.8, 4) is 5.75 Å². The maximum atomic E-state index is 12.4. The number of para-hydroxylation sites is 1. The molecule has 2 aromatic carbocycles. The highest BCUT2D eigenvalue weighted by Gasteiger charge is 2.13. The minimum absolute atomic E-state index is 0.158. The third-order valence-corrected chi connectivity index (χ3v) is 3.90. The summed E-state index contributed by atoms with van der Waals surface area (Å²) in [5, 5.41) is 5.75. The molecule has 0 unspecified atom stereocenters. The first-order valence-electron chi connectivity index (χ1n) is 8.91. The zero-order chi connectivity index (χ0) is 20.6. The lowest BCUT2D eigenvalue weighted by atomic mass is 10.2. The molecule has 8 heteroatoms. The van der Waals surface area contributed by atoms with Crippen molar-refractivity contribution in [2.75, 3.05) is 24.4 Å². The van der Waals surface area contributed by atoms with Crippen LogP contribution in [0.5, 0.6) is 5.75 Å². The summed E-state index contributed by atoms with van der Waals surface area (Å²) in [6, 6.07) is 13.9. The Kier molecular flexibility index (Phi) is 6.36. The van der Waals surface area contributed by atoms with Gasteiger partial charge in [-0.1, -0.05) is 12.1 Å². The van der Waals surface area contributed by atoms with E-state index in [1.165, 1.54) is 19.5 Å². The predicted octanol–water partition coefficient (Wildman–Crippen LogP) is 3.66. The number of nitrogens with one attached hydrogen (secondary N) is 2. The molecule has 0 fully saturated rings. The van der Waals surface area contributed by atoms with Crippen molar-refractivity contribution in [2.24, 2.45) is 0 Å². The summed E-state index contributed by atoms with van der Waals surface area (Å²) >= 11 is 0. The summed E-state index contributed by atoms with van der Waals surface area (Å²) < 4.78 is 10.1. The van der Waals surface area contributed by atoms with E-state index >= 15 is 0 Å². The largest absolute Gasteiger partial charge is 0.494 e. The lowest BCUT2D eigenvalue weighted by Crippen LogP contribution is -2.14. The van der Waals surface area contributed by atoms with Gasteiger partial charge in [-0.15, -0.1) is 0 Å². The monoisotopic (exact) mass is 392 g/mol. The number of hydrogen-bond donors (Lipinski definition) is 2. The molecule has 148 valence electrons. The molecule has 0 atom stereocenters. The number of rotatable bonds is 7. The summed E-state index contributed by atoms with van der Waals surface area (Å²) in [6.07, 6.45) is 2.77. The van der Waals surface area contributed by atoms with E-state index in [9.17, 15) is 9.59 Å². The molecule has 3 rings (SSSR count). The highest BCUT2D eigenvalue weighted by atomic mass is 16.5. The standard InChI is InChI=1S/C21H20N4O4/c1-3-29-15-10-8-14(9-11-15)24-20(26)18-12-23-19(13-22-18)25-17-7-5-4-6-16(17)21(27)28-2/h4-13H,3H2,1-2H3,(H,23,25)(H,24,26). The van der Waals surface area contributed by atoms with Crippen LogP contribution in [-0.4, -0.2) is 35.6 Å². The number of ether oxygens (including phenoxy) is 2. The summed E-state index contributed by atoms with van der Waals surface area (Å²) in [5.74, 6) is 0.266. The molecule has 0 aliphatic heterocycles. The minimum Gasteiger partial charge on any atom is -0.494 e. The van der Waals surface area contributed by atoms with Crippen molar-refractivity contribution in [1.29, 1.82) is 0 Å². The molecule has 8 nitrogen and oxygen atoms in total. The van der Waals surface area contributed by atoms with Crippen LogP contribution in [0.15, 0.2) is 60.9 Å². The number of carbonyl (C=O) groups is 2. The number of benzene rings is 2. The second kappa shape index (κ2) is 9.32. The van der Waals surface area contributed by atoms with E-state index in [-0.39, 0.29) is 11.6 Å². The van der Waals surface area contributed by atoms with Crippen molar-refractivity contribution >= 4 is 29.1 Å². The number of amides is 1.